The zero-order valence-electron chi connectivity index (χ0n) is 8.27. The lowest BCUT2D eigenvalue weighted by Gasteiger charge is -2.13. The van der Waals surface area contributed by atoms with E-state index in [4.69, 9.17) is 0 Å². The molecular weight excluding hydrogens is 320 g/mol. The first-order valence-corrected chi connectivity index (χ1v) is 5.81. The predicted octanol–water partition coefficient (Wildman–Crippen LogP) is 2.91. The Labute approximate surface area is 106 Å². The van der Waals surface area contributed by atoms with Crippen molar-refractivity contribution in [3.63, 3.8) is 0 Å². The summed E-state index contributed by atoms with van der Waals surface area (Å²) < 4.78 is 14.2. The highest BCUT2D eigenvalue weighted by Crippen LogP contribution is 2.27. The number of pyridine rings is 1. The van der Waals surface area contributed by atoms with Gasteiger partial charge in [0.1, 0.15) is 6.10 Å². The van der Waals surface area contributed by atoms with E-state index in [2.05, 4.69) is 4.98 Å². The molecule has 1 heterocycles. The van der Waals surface area contributed by atoms with Crippen LogP contribution in [0.3, 0.4) is 0 Å². The van der Waals surface area contributed by atoms with Crippen LogP contribution in [-0.2, 0) is 0 Å². The van der Waals surface area contributed by atoms with Crippen molar-refractivity contribution in [2.75, 3.05) is 0 Å². The molecule has 4 heteroatoms. The standard InChI is InChI=1S/C12H9FINO/c13-12-10(9(14)6-7-15-12)11(16)8-4-2-1-3-5-8/h1-7,11,16H. The molecule has 1 aromatic carbocycles. The van der Waals surface area contributed by atoms with Crippen molar-refractivity contribution in [3.05, 3.63) is 63.2 Å². The van der Waals surface area contributed by atoms with E-state index >= 15 is 0 Å². The van der Waals surface area contributed by atoms with E-state index in [0.29, 0.717) is 9.13 Å². The second-order valence-corrected chi connectivity index (χ2v) is 4.47. The van der Waals surface area contributed by atoms with Gasteiger partial charge in [-0.3, -0.25) is 0 Å². The summed E-state index contributed by atoms with van der Waals surface area (Å²) in [6.07, 6.45) is 0.417. The number of aromatic nitrogens is 1. The van der Waals surface area contributed by atoms with Gasteiger partial charge in [-0.2, -0.15) is 4.39 Å². The zero-order chi connectivity index (χ0) is 11.5. The average molecular weight is 329 g/mol. The summed E-state index contributed by atoms with van der Waals surface area (Å²) in [6, 6.07) is 10.6. The Kier molecular flexibility index (Phi) is 3.50. The highest BCUT2D eigenvalue weighted by Gasteiger charge is 2.18. The Hall–Kier alpha value is -1.01. The van der Waals surface area contributed by atoms with Crippen molar-refractivity contribution in [2.24, 2.45) is 0 Å². The molecule has 0 aliphatic heterocycles. The van der Waals surface area contributed by atoms with Crippen LogP contribution >= 0.6 is 22.6 Å². The van der Waals surface area contributed by atoms with E-state index in [1.807, 2.05) is 28.7 Å². The Morgan fingerprint density at radius 2 is 1.88 bits per heavy atom. The molecule has 1 aromatic heterocycles. The van der Waals surface area contributed by atoms with E-state index in [-0.39, 0.29) is 5.56 Å². The molecule has 1 unspecified atom stereocenters. The van der Waals surface area contributed by atoms with E-state index < -0.39 is 12.1 Å². The number of aliphatic hydroxyl groups excluding tert-OH is 1. The van der Waals surface area contributed by atoms with Gasteiger partial charge >= 0.3 is 0 Å². The van der Waals surface area contributed by atoms with Crippen molar-refractivity contribution >= 4 is 22.6 Å². The molecular formula is C12H9FINO. The highest BCUT2D eigenvalue weighted by atomic mass is 127. The van der Waals surface area contributed by atoms with Gasteiger partial charge in [-0.1, -0.05) is 30.3 Å². The minimum atomic E-state index is -0.971. The number of hydrogen-bond acceptors (Lipinski definition) is 2. The molecule has 0 radical (unpaired) electrons. The molecule has 0 spiro atoms. The van der Waals surface area contributed by atoms with Crippen LogP contribution in [0.1, 0.15) is 17.2 Å². The van der Waals surface area contributed by atoms with Crippen LogP contribution < -0.4 is 0 Å². The average Bonchev–Trinajstić information content (AvgIpc) is 2.30. The predicted molar refractivity (Wildman–Crippen MR) is 67.4 cm³/mol. The second-order valence-electron chi connectivity index (χ2n) is 3.31. The number of halogens is 2. The monoisotopic (exact) mass is 329 g/mol. The smallest absolute Gasteiger partial charge is 0.220 e. The first-order valence-electron chi connectivity index (χ1n) is 4.73. The Bertz CT molecular complexity index is 469. The number of aliphatic hydroxyl groups is 1. The Morgan fingerprint density at radius 3 is 2.50 bits per heavy atom. The third kappa shape index (κ3) is 2.22. The molecule has 2 aromatic rings. The van der Waals surface area contributed by atoms with Crippen LogP contribution in [0.25, 0.3) is 0 Å². The molecule has 0 aliphatic rings. The second kappa shape index (κ2) is 4.88. The lowest BCUT2D eigenvalue weighted by molar-refractivity contribution is 0.212. The summed E-state index contributed by atoms with van der Waals surface area (Å²) in [5.74, 6) is -0.622. The quantitative estimate of drug-likeness (QED) is 0.679. The number of rotatable bonds is 2. The van der Waals surface area contributed by atoms with Crippen molar-refractivity contribution in [1.29, 1.82) is 0 Å². The van der Waals surface area contributed by atoms with E-state index in [1.165, 1.54) is 6.20 Å². The Morgan fingerprint density at radius 1 is 1.19 bits per heavy atom. The normalized spacial score (nSPS) is 12.4. The molecule has 0 fully saturated rings. The van der Waals surface area contributed by atoms with Crippen molar-refractivity contribution < 1.29 is 9.50 Å². The minimum Gasteiger partial charge on any atom is -0.383 e. The van der Waals surface area contributed by atoms with Crippen molar-refractivity contribution in [2.45, 2.75) is 6.10 Å². The summed E-state index contributed by atoms with van der Waals surface area (Å²) in [5.41, 5.74) is 0.890. The fourth-order valence-electron chi connectivity index (χ4n) is 1.47. The van der Waals surface area contributed by atoms with Gasteiger partial charge in [-0.15, -0.1) is 0 Å². The van der Waals surface area contributed by atoms with Crippen LogP contribution in [-0.4, -0.2) is 10.1 Å². The SMILES string of the molecule is OC(c1ccccc1)c1c(I)ccnc1F. The van der Waals surface area contributed by atoms with Crippen LogP contribution in [0.15, 0.2) is 42.6 Å². The lowest BCUT2D eigenvalue weighted by Crippen LogP contribution is -2.06. The molecule has 1 N–H and O–H groups in total. The fraction of sp³-hybridized carbons (Fsp3) is 0.0833. The largest absolute Gasteiger partial charge is 0.383 e. The van der Waals surface area contributed by atoms with E-state index in [9.17, 15) is 9.50 Å². The molecule has 82 valence electrons. The molecule has 0 saturated heterocycles. The first-order chi connectivity index (χ1) is 7.70. The number of benzene rings is 1. The molecule has 0 aliphatic carbocycles. The molecule has 16 heavy (non-hydrogen) atoms. The maximum atomic E-state index is 13.5. The molecule has 1 atom stereocenters. The topological polar surface area (TPSA) is 33.1 Å². The summed E-state index contributed by atoms with van der Waals surface area (Å²) in [5, 5.41) is 10.1. The zero-order valence-corrected chi connectivity index (χ0v) is 10.4. The summed E-state index contributed by atoms with van der Waals surface area (Å²) >= 11 is 1.99. The minimum absolute atomic E-state index is 0.231. The van der Waals surface area contributed by atoms with Gasteiger partial charge in [0.05, 0.1) is 5.56 Å². The van der Waals surface area contributed by atoms with Gasteiger partial charge in [-0.05, 0) is 34.2 Å². The third-order valence-corrected chi connectivity index (χ3v) is 3.22. The molecule has 0 saturated carbocycles. The maximum absolute atomic E-state index is 13.5. The van der Waals surface area contributed by atoms with Crippen LogP contribution in [0.5, 0.6) is 0 Å². The fourth-order valence-corrected chi connectivity index (χ4v) is 2.15. The summed E-state index contributed by atoms with van der Waals surface area (Å²) in [7, 11) is 0. The number of nitrogens with zero attached hydrogens (tertiary/aromatic N) is 1. The summed E-state index contributed by atoms with van der Waals surface area (Å²) in [4.78, 5) is 3.56. The first kappa shape index (κ1) is 11.5. The molecule has 2 nitrogen and oxygen atoms in total. The van der Waals surface area contributed by atoms with Crippen molar-refractivity contribution in [1.82, 2.24) is 4.98 Å². The van der Waals surface area contributed by atoms with Gasteiger partial charge < -0.3 is 5.11 Å². The van der Waals surface area contributed by atoms with Crippen LogP contribution in [0, 0.1) is 9.52 Å². The van der Waals surface area contributed by atoms with Crippen LogP contribution in [0.4, 0.5) is 4.39 Å². The van der Waals surface area contributed by atoms with Gasteiger partial charge in [0.25, 0.3) is 0 Å². The number of hydrogen-bond donors (Lipinski definition) is 1. The van der Waals surface area contributed by atoms with Gasteiger partial charge in [0.15, 0.2) is 0 Å². The van der Waals surface area contributed by atoms with E-state index in [0.717, 1.165) is 0 Å². The lowest BCUT2D eigenvalue weighted by atomic mass is 10.0. The molecule has 0 bridgehead atoms. The van der Waals surface area contributed by atoms with Crippen molar-refractivity contribution in [3.8, 4) is 0 Å². The van der Waals surface area contributed by atoms with Gasteiger partial charge in [0.2, 0.25) is 5.95 Å². The van der Waals surface area contributed by atoms with Gasteiger partial charge in [0, 0.05) is 9.77 Å². The highest BCUT2D eigenvalue weighted by molar-refractivity contribution is 14.1. The third-order valence-electron chi connectivity index (χ3n) is 2.28. The molecule has 0 amide bonds. The van der Waals surface area contributed by atoms with Gasteiger partial charge in [-0.25, -0.2) is 4.98 Å². The maximum Gasteiger partial charge on any atom is 0.220 e. The molecule has 2 rings (SSSR count). The van der Waals surface area contributed by atoms with Crippen LogP contribution in [0.2, 0.25) is 0 Å². The summed E-state index contributed by atoms with van der Waals surface area (Å²) in [6.45, 7) is 0. The van der Waals surface area contributed by atoms with E-state index in [1.54, 1.807) is 30.3 Å². The Balaban J connectivity index is 2.46.